The average molecular weight is 379 g/mol. The molecule has 3 rings (SSSR count). The summed E-state index contributed by atoms with van der Waals surface area (Å²) in [7, 11) is 0. The van der Waals surface area contributed by atoms with Crippen LogP contribution in [-0.4, -0.2) is 46.6 Å². The number of fused-ring (bicyclic) bond motifs is 1. The Labute approximate surface area is 164 Å². The number of likely N-dealkylation sites (N-methyl/N-ethyl adjacent to an activating group) is 1. The summed E-state index contributed by atoms with van der Waals surface area (Å²) in [4.78, 5) is 32.5. The molecule has 1 heterocycles. The molecule has 28 heavy (non-hydrogen) atoms. The SMILES string of the molecule is CCN(CC)CCNC(=O)c1nc2ccccc2c(=O)n1Nc1ccccc1. The molecule has 0 unspecified atom stereocenters. The Hall–Kier alpha value is -3.19. The lowest BCUT2D eigenvalue weighted by atomic mass is 10.2. The summed E-state index contributed by atoms with van der Waals surface area (Å²) in [5.41, 5.74) is 3.88. The van der Waals surface area contributed by atoms with Gasteiger partial charge in [0.1, 0.15) is 0 Å². The molecular formula is C21H25N5O2. The number of carbonyl (C=O) groups is 1. The van der Waals surface area contributed by atoms with Crippen molar-refractivity contribution < 1.29 is 4.79 Å². The molecule has 7 heteroatoms. The van der Waals surface area contributed by atoms with Gasteiger partial charge in [0.25, 0.3) is 11.5 Å². The molecule has 0 saturated heterocycles. The molecule has 7 nitrogen and oxygen atoms in total. The Kier molecular flexibility index (Phi) is 6.39. The summed E-state index contributed by atoms with van der Waals surface area (Å²) in [6.45, 7) is 7.22. The van der Waals surface area contributed by atoms with Crippen LogP contribution in [0.5, 0.6) is 0 Å². The Morgan fingerprint density at radius 2 is 1.71 bits per heavy atom. The molecule has 0 atom stereocenters. The summed E-state index contributed by atoms with van der Waals surface area (Å²) in [6, 6.07) is 16.2. The molecule has 1 aromatic heterocycles. The highest BCUT2D eigenvalue weighted by molar-refractivity contribution is 5.93. The fourth-order valence-corrected chi connectivity index (χ4v) is 2.98. The number of carbonyl (C=O) groups excluding carboxylic acids is 1. The van der Waals surface area contributed by atoms with Gasteiger partial charge in [-0.3, -0.25) is 15.0 Å². The fraction of sp³-hybridized carbons (Fsp3) is 0.286. The summed E-state index contributed by atoms with van der Waals surface area (Å²) >= 11 is 0. The Bertz CT molecular complexity index is 997. The highest BCUT2D eigenvalue weighted by atomic mass is 16.2. The zero-order chi connectivity index (χ0) is 19.9. The van der Waals surface area contributed by atoms with Crippen molar-refractivity contribution in [1.29, 1.82) is 0 Å². The molecule has 2 aromatic carbocycles. The predicted octanol–water partition coefficient (Wildman–Crippen LogP) is 2.34. The van der Waals surface area contributed by atoms with Crippen LogP contribution in [0.3, 0.4) is 0 Å². The van der Waals surface area contributed by atoms with Crippen molar-refractivity contribution in [3.8, 4) is 0 Å². The van der Waals surface area contributed by atoms with Crippen LogP contribution in [-0.2, 0) is 0 Å². The second-order valence-electron chi connectivity index (χ2n) is 6.35. The first kappa shape index (κ1) is 19.6. The molecule has 0 aliphatic heterocycles. The van der Waals surface area contributed by atoms with E-state index in [-0.39, 0.29) is 11.4 Å². The van der Waals surface area contributed by atoms with E-state index in [4.69, 9.17) is 0 Å². The summed E-state index contributed by atoms with van der Waals surface area (Å²) in [5.74, 6) is -0.356. The maximum Gasteiger partial charge on any atom is 0.289 e. The number of rotatable bonds is 8. The van der Waals surface area contributed by atoms with Crippen molar-refractivity contribution in [2.75, 3.05) is 31.6 Å². The van der Waals surface area contributed by atoms with Gasteiger partial charge in [0.05, 0.1) is 16.6 Å². The molecule has 0 bridgehead atoms. The normalized spacial score (nSPS) is 11.0. The van der Waals surface area contributed by atoms with Crippen molar-refractivity contribution >= 4 is 22.5 Å². The van der Waals surface area contributed by atoms with Gasteiger partial charge < -0.3 is 10.2 Å². The van der Waals surface area contributed by atoms with Crippen LogP contribution in [0.1, 0.15) is 24.5 Å². The van der Waals surface area contributed by atoms with Gasteiger partial charge in [0, 0.05) is 13.1 Å². The second-order valence-corrected chi connectivity index (χ2v) is 6.35. The molecule has 0 aliphatic carbocycles. The van der Waals surface area contributed by atoms with Gasteiger partial charge in [-0.25, -0.2) is 4.98 Å². The minimum Gasteiger partial charge on any atom is -0.348 e. The molecule has 146 valence electrons. The maximum absolute atomic E-state index is 13.0. The van der Waals surface area contributed by atoms with E-state index >= 15 is 0 Å². The van der Waals surface area contributed by atoms with E-state index in [0.29, 0.717) is 23.1 Å². The Balaban J connectivity index is 1.94. The predicted molar refractivity (Wildman–Crippen MR) is 112 cm³/mol. The van der Waals surface area contributed by atoms with Crippen LogP contribution < -0.4 is 16.3 Å². The molecule has 0 saturated carbocycles. The van der Waals surface area contributed by atoms with E-state index in [1.54, 1.807) is 24.3 Å². The van der Waals surface area contributed by atoms with Crippen LogP contribution in [0.4, 0.5) is 5.69 Å². The van der Waals surface area contributed by atoms with Crippen molar-refractivity contribution in [3.63, 3.8) is 0 Å². The van der Waals surface area contributed by atoms with Gasteiger partial charge >= 0.3 is 0 Å². The number of aromatic nitrogens is 2. The minimum atomic E-state index is -0.390. The second kappa shape index (κ2) is 9.14. The van der Waals surface area contributed by atoms with Gasteiger partial charge in [-0.2, -0.15) is 4.68 Å². The third-order valence-electron chi connectivity index (χ3n) is 4.60. The maximum atomic E-state index is 13.0. The smallest absolute Gasteiger partial charge is 0.289 e. The number of hydrogen-bond acceptors (Lipinski definition) is 5. The lowest BCUT2D eigenvalue weighted by molar-refractivity contribution is 0.0934. The number of para-hydroxylation sites is 2. The number of amides is 1. The number of nitrogens with zero attached hydrogens (tertiary/aromatic N) is 3. The van der Waals surface area contributed by atoms with Crippen LogP contribution in [0.2, 0.25) is 0 Å². The van der Waals surface area contributed by atoms with E-state index in [0.717, 1.165) is 19.6 Å². The third-order valence-corrected chi connectivity index (χ3v) is 4.60. The first-order valence-electron chi connectivity index (χ1n) is 9.48. The highest BCUT2D eigenvalue weighted by Crippen LogP contribution is 2.10. The molecule has 1 amide bonds. The third kappa shape index (κ3) is 4.37. The molecule has 0 aliphatic rings. The van der Waals surface area contributed by atoms with E-state index in [1.165, 1.54) is 4.68 Å². The topological polar surface area (TPSA) is 79.3 Å². The fourth-order valence-electron chi connectivity index (χ4n) is 2.98. The van der Waals surface area contributed by atoms with Crippen molar-refractivity contribution in [3.05, 3.63) is 70.8 Å². The van der Waals surface area contributed by atoms with Crippen molar-refractivity contribution in [2.24, 2.45) is 0 Å². The van der Waals surface area contributed by atoms with Crippen LogP contribution in [0, 0.1) is 0 Å². The summed E-state index contributed by atoms with van der Waals surface area (Å²) < 4.78 is 1.21. The number of hydrogen-bond donors (Lipinski definition) is 2. The minimum absolute atomic E-state index is 0.0344. The number of benzene rings is 2. The Morgan fingerprint density at radius 3 is 2.43 bits per heavy atom. The van der Waals surface area contributed by atoms with Crippen LogP contribution in [0.25, 0.3) is 10.9 Å². The van der Waals surface area contributed by atoms with Gasteiger partial charge in [-0.15, -0.1) is 0 Å². The van der Waals surface area contributed by atoms with E-state index < -0.39 is 5.91 Å². The lowest BCUT2D eigenvalue weighted by Gasteiger charge is -2.19. The zero-order valence-electron chi connectivity index (χ0n) is 16.2. The summed E-state index contributed by atoms with van der Waals surface area (Å²) in [5, 5.41) is 3.32. The molecule has 0 fully saturated rings. The largest absolute Gasteiger partial charge is 0.348 e. The summed E-state index contributed by atoms with van der Waals surface area (Å²) in [6.07, 6.45) is 0. The average Bonchev–Trinajstić information content (AvgIpc) is 2.73. The van der Waals surface area contributed by atoms with Crippen molar-refractivity contribution in [2.45, 2.75) is 13.8 Å². The lowest BCUT2D eigenvalue weighted by Crippen LogP contribution is -2.40. The van der Waals surface area contributed by atoms with E-state index in [1.807, 2.05) is 30.3 Å². The molecule has 0 radical (unpaired) electrons. The Morgan fingerprint density at radius 1 is 1.04 bits per heavy atom. The number of anilines is 1. The quantitative estimate of drug-likeness (QED) is 0.628. The van der Waals surface area contributed by atoms with Crippen LogP contribution in [0.15, 0.2) is 59.4 Å². The van der Waals surface area contributed by atoms with E-state index in [9.17, 15) is 9.59 Å². The van der Waals surface area contributed by atoms with Gasteiger partial charge in [0.2, 0.25) is 5.82 Å². The first-order valence-corrected chi connectivity index (χ1v) is 9.48. The molecule has 2 N–H and O–H groups in total. The first-order chi connectivity index (χ1) is 13.6. The van der Waals surface area contributed by atoms with E-state index in [2.05, 4.69) is 34.5 Å². The molecule has 3 aromatic rings. The van der Waals surface area contributed by atoms with Crippen molar-refractivity contribution in [1.82, 2.24) is 19.9 Å². The standard InChI is InChI=1S/C21H25N5O2/c1-3-25(4-2)15-14-22-20(27)19-23-18-13-9-8-12-17(18)21(28)26(19)24-16-10-6-5-7-11-16/h5-13,24H,3-4,14-15H2,1-2H3,(H,22,27). The highest BCUT2D eigenvalue weighted by Gasteiger charge is 2.17. The van der Waals surface area contributed by atoms with Crippen LogP contribution >= 0.6 is 0 Å². The number of nitrogens with one attached hydrogen (secondary N) is 2. The monoisotopic (exact) mass is 379 g/mol. The van der Waals surface area contributed by atoms with Gasteiger partial charge in [0.15, 0.2) is 0 Å². The zero-order valence-corrected chi connectivity index (χ0v) is 16.2. The van der Waals surface area contributed by atoms with Gasteiger partial charge in [-0.1, -0.05) is 44.2 Å². The molecular weight excluding hydrogens is 354 g/mol. The van der Waals surface area contributed by atoms with Gasteiger partial charge in [-0.05, 0) is 37.4 Å². The molecule has 0 spiro atoms.